The fraction of sp³-hybridized carbons (Fsp3) is 0.471. The standard InChI is InChI=1S/C17H22N2S/c1-3-11-18-12-14-15(13-7-5-4-6-8-13)19-16(20-14)17(2)9-10-17/h4-8,18H,3,9-12H2,1-2H3. The van der Waals surface area contributed by atoms with Crippen LogP contribution in [0.5, 0.6) is 0 Å². The van der Waals surface area contributed by atoms with Gasteiger partial charge in [-0.2, -0.15) is 0 Å². The van der Waals surface area contributed by atoms with E-state index in [0.717, 1.165) is 13.1 Å². The highest BCUT2D eigenvalue weighted by molar-refractivity contribution is 7.12. The number of aromatic nitrogens is 1. The van der Waals surface area contributed by atoms with Crippen molar-refractivity contribution in [3.8, 4) is 11.3 Å². The Morgan fingerprint density at radius 1 is 1.25 bits per heavy atom. The van der Waals surface area contributed by atoms with Gasteiger partial charge < -0.3 is 5.32 Å². The van der Waals surface area contributed by atoms with E-state index in [1.165, 1.54) is 40.4 Å². The first-order valence-electron chi connectivity index (χ1n) is 7.49. The first-order valence-corrected chi connectivity index (χ1v) is 8.31. The van der Waals surface area contributed by atoms with Crippen LogP contribution in [0.1, 0.15) is 43.0 Å². The Hall–Kier alpha value is -1.19. The summed E-state index contributed by atoms with van der Waals surface area (Å²) >= 11 is 1.90. The molecule has 0 bridgehead atoms. The van der Waals surface area contributed by atoms with Crippen LogP contribution in [0.4, 0.5) is 0 Å². The zero-order chi connectivity index (χ0) is 14.0. The molecule has 0 unspecified atom stereocenters. The fourth-order valence-electron chi connectivity index (χ4n) is 2.33. The zero-order valence-electron chi connectivity index (χ0n) is 12.3. The molecule has 1 aromatic carbocycles. The van der Waals surface area contributed by atoms with Crippen LogP contribution in [0.2, 0.25) is 0 Å². The lowest BCUT2D eigenvalue weighted by Gasteiger charge is -2.03. The van der Waals surface area contributed by atoms with E-state index >= 15 is 0 Å². The summed E-state index contributed by atoms with van der Waals surface area (Å²) in [5, 5.41) is 4.84. The van der Waals surface area contributed by atoms with Gasteiger partial charge in [0.05, 0.1) is 10.7 Å². The van der Waals surface area contributed by atoms with Gasteiger partial charge in [0.15, 0.2) is 0 Å². The van der Waals surface area contributed by atoms with Crippen molar-refractivity contribution in [1.82, 2.24) is 10.3 Å². The van der Waals surface area contributed by atoms with Gasteiger partial charge in [0.1, 0.15) is 0 Å². The molecule has 1 aliphatic rings. The average molecular weight is 286 g/mol. The molecule has 2 nitrogen and oxygen atoms in total. The predicted molar refractivity (Wildman–Crippen MR) is 86.1 cm³/mol. The first kappa shape index (κ1) is 13.8. The SMILES string of the molecule is CCCNCc1sc(C2(C)CC2)nc1-c1ccccc1. The largest absolute Gasteiger partial charge is 0.312 e. The third-order valence-corrected chi connectivity index (χ3v) is 5.33. The van der Waals surface area contributed by atoms with Gasteiger partial charge in [-0.1, -0.05) is 44.2 Å². The molecule has 1 fully saturated rings. The highest BCUT2D eigenvalue weighted by Crippen LogP contribution is 2.50. The molecule has 1 N–H and O–H groups in total. The topological polar surface area (TPSA) is 24.9 Å². The van der Waals surface area contributed by atoms with E-state index in [9.17, 15) is 0 Å². The van der Waals surface area contributed by atoms with E-state index in [2.05, 4.69) is 49.5 Å². The molecule has 1 aromatic heterocycles. The number of nitrogens with zero attached hydrogens (tertiary/aromatic N) is 1. The number of nitrogens with one attached hydrogen (secondary N) is 1. The smallest absolute Gasteiger partial charge is 0.0994 e. The van der Waals surface area contributed by atoms with Crippen molar-refractivity contribution in [2.45, 2.75) is 45.1 Å². The minimum absolute atomic E-state index is 0.358. The van der Waals surface area contributed by atoms with Crippen LogP contribution in [-0.4, -0.2) is 11.5 Å². The quantitative estimate of drug-likeness (QED) is 0.798. The second-order valence-corrected chi connectivity index (χ2v) is 6.98. The Kier molecular flexibility index (Phi) is 3.90. The van der Waals surface area contributed by atoms with Crippen LogP contribution >= 0.6 is 11.3 Å². The molecule has 3 rings (SSSR count). The minimum Gasteiger partial charge on any atom is -0.312 e. The second kappa shape index (κ2) is 5.66. The first-order chi connectivity index (χ1) is 9.73. The molecule has 0 radical (unpaired) electrons. The lowest BCUT2D eigenvalue weighted by atomic mass is 10.1. The fourth-order valence-corrected chi connectivity index (χ4v) is 3.59. The van der Waals surface area contributed by atoms with Gasteiger partial charge in [-0.05, 0) is 25.8 Å². The molecule has 1 saturated carbocycles. The van der Waals surface area contributed by atoms with Crippen molar-refractivity contribution in [3.63, 3.8) is 0 Å². The third-order valence-electron chi connectivity index (χ3n) is 3.97. The van der Waals surface area contributed by atoms with E-state index in [1.807, 2.05) is 11.3 Å². The van der Waals surface area contributed by atoms with Gasteiger partial charge >= 0.3 is 0 Å². The summed E-state index contributed by atoms with van der Waals surface area (Å²) < 4.78 is 0. The molecule has 0 aliphatic heterocycles. The van der Waals surface area contributed by atoms with Gasteiger partial charge in [0.25, 0.3) is 0 Å². The summed E-state index contributed by atoms with van der Waals surface area (Å²) in [5.41, 5.74) is 2.78. The summed E-state index contributed by atoms with van der Waals surface area (Å²) in [6, 6.07) is 10.6. The Balaban J connectivity index is 1.91. The Morgan fingerprint density at radius 2 is 2.00 bits per heavy atom. The van der Waals surface area contributed by atoms with Crippen molar-refractivity contribution in [2.75, 3.05) is 6.54 Å². The van der Waals surface area contributed by atoms with E-state index in [0.29, 0.717) is 5.41 Å². The summed E-state index contributed by atoms with van der Waals surface area (Å²) in [6.45, 7) is 6.54. The van der Waals surface area contributed by atoms with E-state index < -0.39 is 0 Å². The molecule has 20 heavy (non-hydrogen) atoms. The number of hydrogen-bond donors (Lipinski definition) is 1. The van der Waals surface area contributed by atoms with Crippen molar-refractivity contribution in [1.29, 1.82) is 0 Å². The number of benzene rings is 1. The number of thiazole rings is 1. The van der Waals surface area contributed by atoms with Crippen molar-refractivity contribution in [3.05, 3.63) is 40.2 Å². The summed E-state index contributed by atoms with van der Waals surface area (Å²) in [5.74, 6) is 0. The van der Waals surface area contributed by atoms with Gasteiger partial charge in [0, 0.05) is 22.4 Å². The van der Waals surface area contributed by atoms with Gasteiger partial charge in [-0.3, -0.25) is 0 Å². The van der Waals surface area contributed by atoms with Crippen molar-refractivity contribution in [2.24, 2.45) is 0 Å². The molecular formula is C17H22N2S. The lowest BCUT2D eigenvalue weighted by molar-refractivity contribution is 0.681. The molecular weight excluding hydrogens is 264 g/mol. The molecule has 106 valence electrons. The molecule has 0 amide bonds. The summed E-state index contributed by atoms with van der Waals surface area (Å²) in [6.07, 6.45) is 3.75. The van der Waals surface area contributed by atoms with Gasteiger partial charge in [-0.15, -0.1) is 11.3 Å². The van der Waals surface area contributed by atoms with E-state index in [-0.39, 0.29) is 0 Å². The van der Waals surface area contributed by atoms with Gasteiger partial charge in [-0.25, -0.2) is 4.98 Å². The lowest BCUT2D eigenvalue weighted by Crippen LogP contribution is -2.13. The number of hydrogen-bond acceptors (Lipinski definition) is 3. The van der Waals surface area contributed by atoms with Crippen LogP contribution in [-0.2, 0) is 12.0 Å². The maximum Gasteiger partial charge on any atom is 0.0994 e. The summed E-state index contributed by atoms with van der Waals surface area (Å²) in [7, 11) is 0. The van der Waals surface area contributed by atoms with Crippen molar-refractivity contribution >= 4 is 11.3 Å². The van der Waals surface area contributed by atoms with Crippen LogP contribution < -0.4 is 5.32 Å². The molecule has 0 spiro atoms. The third kappa shape index (κ3) is 2.79. The van der Waals surface area contributed by atoms with Crippen LogP contribution in [0.3, 0.4) is 0 Å². The number of rotatable bonds is 6. The maximum atomic E-state index is 4.97. The predicted octanol–water partition coefficient (Wildman–Crippen LogP) is 4.36. The highest BCUT2D eigenvalue weighted by Gasteiger charge is 2.42. The van der Waals surface area contributed by atoms with Crippen LogP contribution in [0, 0.1) is 0 Å². The van der Waals surface area contributed by atoms with Crippen LogP contribution in [0.15, 0.2) is 30.3 Å². The normalized spacial score (nSPS) is 16.3. The molecule has 0 saturated heterocycles. The highest BCUT2D eigenvalue weighted by atomic mass is 32.1. The van der Waals surface area contributed by atoms with Crippen molar-refractivity contribution < 1.29 is 0 Å². The van der Waals surface area contributed by atoms with Crippen LogP contribution in [0.25, 0.3) is 11.3 Å². The molecule has 1 aliphatic carbocycles. The van der Waals surface area contributed by atoms with Gasteiger partial charge in [0.2, 0.25) is 0 Å². The van der Waals surface area contributed by atoms with E-state index in [4.69, 9.17) is 4.98 Å². The average Bonchev–Trinajstić information content (AvgIpc) is 3.08. The minimum atomic E-state index is 0.358. The molecule has 0 atom stereocenters. The molecule has 2 aromatic rings. The molecule has 1 heterocycles. The Labute approximate surface area is 125 Å². The summed E-state index contributed by atoms with van der Waals surface area (Å²) in [4.78, 5) is 6.35. The zero-order valence-corrected chi connectivity index (χ0v) is 13.1. The second-order valence-electron chi connectivity index (χ2n) is 5.89. The molecule has 3 heteroatoms. The Bertz CT molecular complexity index is 570. The Morgan fingerprint density at radius 3 is 2.65 bits per heavy atom. The van der Waals surface area contributed by atoms with E-state index in [1.54, 1.807) is 0 Å². The maximum absolute atomic E-state index is 4.97. The monoisotopic (exact) mass is 286 g/mol.